The van der Waals surface area contributed by atoms with Crippen molar-refractivity contribution >= 4 is 33.2 Å². The highest BCUT2D eigenvalue weighted by Crippen LogP contribution is 2.32. The van der Waals surface area contributed by atoms with Gasteiger partial charge in [0.05, 0.1) is 5.69 Å². The molecule has 0 saturated carbocycles. The maximum absolute atomic E-state index is 14.3. The summed E-state index contributed by atoms with van der Waals surface area (Å²) in [6.45, 7) is 2.29. The van der Waals surface area contributed by atoms with E-state index in [9.17, 15) is 22.4 Å². The Hall–Kier alpha value is -2.98. The Morgan fingerprint density at radius 1 is 1.20 bits per heavy atom. The molecule has 2 aromatic rings. The molecule has 2 heterocycles. The van der Waals surface area contributed by atoms with Crippen molar-refractivity contribution in [3.63, 3.8) is 0 Å². The van der Waals surface area contributed by atoms with E-state index in [1.54, 1.807) is 19.1 Å². The van der Waals surface area contributed by atoms with Crippen molar-refractivity contribution < 1.29 is 27.1 Å². The fourth-order valence-electron chi connectivity index (χ4n) is 3.40. The van der Waals surface area contributed by atoms with E-state index >= 15 is 0 Å². The minimum absolute atomic E-state index is 0.000741. The molecule has 2 aliphatic rings. The molecule has 2 aromatic carbocycles. The fourth-order valence-corrected chi connectivity index (χ4v) is 5.01. The highest BCUT2D eigenvalue weighted by Gasteiger charge is 2.30. The number of fused-ring (bicyclic) bond motifs is 1. The van der Waals surface area contributed by atoms with Gasteiger partial charge < -0.3 is 15.4 Å². The topological polar surface area (TPSA) is 105 Å². The number of ether oxygens (including phenoxy) is 1. The number of halogens is 1. The van der Waals surface area contributed by atoms with Crippen LogP contribution < -0.4 is 15.4 Å². The highest BCUT2D eigenvalue weighted by molar-refractivity contribution is 7.89. The monoisotopic (exact) mass is 433 g/mol. The number of nitrogens with one attached hydrogen (secondary N) is 2. The first-order chi connectivity index (χ1) is 14.3. The van der Waals surface area contributed by atoms with Gasteiger partial charge in [0.15, 0.2) is 6.10 Å². The smallest absolute Gasteiger partial charge is 0.265 e. The maximum atomic E-state index is 14.3. The number of sulfonamides is 1. The molecule has 8 nitrogen and oxygen atoms in total. The van der Waals surface area contributed by atoms with Crippen LogP contribution in [-0.2, 0) is 14.8 Å². The predicted molar refractivity (Wildman–Crippen MR) is 108 cm³/mol. The third kappa shape index (κ3) is 3.75. The first-order valence-corrected chi connectivity index (χ1v) is 10.9. The second kappa shape index (κ2) is 7.69. The number of hydrogen-bond acceptors (Lipinski definition) is 5. The standard InChI is InChI=1S/C20H20FN3O5S/c1-12-19(25)23-16-11-14(5-7-17(16)29-12)22-20(26)13-4-6-15(21)18(10-13)30(27,28)24-8-2-3-9-24/h4-7,10-12H,2-3,8-9H2,1H3,(H,22,26)(H,23,25). The van der Waals surface area contributed by atoms with E-state index in [-0.39, 0.29) is 11.5 Å². The average Bonchev–Trinajstić information content (AvgIpc) is 3.25. The lowest BCUT2D eigenvalue weighted by molar-refractivity contribution is -0.122. The summed E-state index contributed by atoms with van der Waals surface area (Å²) in [5.41, 5.74) is 0.776. The molecule has 10 heteroatoms. The van der Waals surface area contributed by atoms with E-state index in [1.165, 1.54) is 16.4 Å². The SMILES string of the molecule is CC1Oc2ccc(NC(=O)c3ccc(F)c(S(=O)(=O)N4CCCC4)c3)cc2NC1=O. The lowest BCUT2D eigenvalue weighted by atomic mass is 10.1. The second-order valence-corrected chi connectivity index (χ2v) is 9.08. The fraction of sp³-hybridized carbons (Fsp3) is 0.300. The summed E-state index contributed by atoms with van der Waals surface area (Å²) in [6, 6.07) is 7.96. The van der Waals surface area contributed by atoms with Gasteiger partial charge in [-0.05, 0) is 56.2 Å². The molecular weight excluding hydrogens is 413 g/mol. The Labute approximate surface area is 173 Å². The summed E-state index contributed by atoms with van der Waals surface area (Å²) in [7, 11) is -4.01. The molecule has 2 amide bonds. The lowest BCUT2D eigenvalue weighted by Gasteiger charge is -2.23. The normalized spacial score (nSPS) is 19.0. The zero-order valence-electron chi connectivity index (χ0n) is 16.1. The van der Waals surface area contributed by atoms with E-state index in [0.717, 1.165) is 25.0 Å². The Bertz CT molecular complexity index is 1130. The van der Waals surface area contributed by atoms with Gasteiger partial charge in [0, 0.05) is 24.3 Å². The van der Waals surface area contributed by atoms with Gasteiger partial charge in [-0.3, -0.25) is 9.59 Å². The Morgan fingerprint density at radius 2 is 1.93 bits per heavy atom. The Morgan fingerprint density at radius 3 is 2.67 bits per heavy atom. The van der Waals surface area contributed by atoms with Crippen LogP contribution in [0.2, 0.25) is 0 Å². The number of benzene rings is 2. The van der Waals surface area contributed by atoms with Gasteiger partial charge >= 0.3 is 0 Å². The number of rotatable bonds is 4. The van der Waals surface area contributed by atoms with Crippen LogP contribution >= 0.6 is 0 Å². The van der Waals surface area contributed by atoms with Crippen LogP contribution in [0.25, 0.3) is 0 Å². The predicted octanol–water partition coefficient (Wildman–Crippen LogP) is 2.58. The largest absolute Gasteiger partial charge is 0.479 e. The van der Waals surface area contributed by atoms with Gasteiger partial charge in [-0.25, -0.2) is 12.8 Å². The first-order valence-electron chi connectivity index (χ1n) is 9.48. The van der Waals surface area contributed by atoms with Crippen molar-refractivity contribution in [1.29, 1.82) is 0 Å². The molecule has 0 spiro atoms. The quantitative estimate of drug-likeness (QED) is 0.771. The molecule has 1 atom stereocenters. The van der Waals surface area contributed by atoms with Crippen LogP contribution in [0, 0.1) is 5.82 Å². The number of nitrogens with zero attached hydrogens (tertiary/aromatic N) is 1. The van der Waals surface area contributed by atoms with Crippen molar-refractivity contribution in [2.75, 3.05) is 23.7 Å². The van der Waals surface area contributed by atoms with Gasteiger partial charge in [0.2, 0.25) is 10.0 Å². The first kappa shape index (κ1) is 20.3. The molecule has 2 aliphatic heterocycles. The van der Waals surface area contributed by atoms with Crippen LogP contribution in [0.1, 0.15) is 30.1 Å². The van der Waals surface area contributed by atoms with Crippen LogP contribution in [0.5, 0.6) is 5.75 Å². The molecule has 0 bridgehead atoms. The van der Waals surface area contributed by atoms with Gasteiger partial charge in [0.25, 0.3) is 11.8 Å². The molecular formula is C20H20FN3O5S. The number of carbonyl (C=O) groups is 2. The zero-order valence-corrected chi connectivity index (χ0v) is 17.0. The molecule has 1 unspecified atom stereocenters. The molecule has 30 heavy (non-hydrogen) atoms. The minimum Gasteiger partial charge on any atom is -0.479 e. The number of anilines is 2. The van der Waals surface area contributed by atoms with Crippen LogP contribution in [0.4, 0.5) is 15.8 Å². The summed E-state index contributed by atoms with van der Waals surface area (Å²) in [4.78, 5) is 23.9. The number of hydrogen-bond donors (Lipinski definition) is 2. The van der Waals surface area contributed by atoms with E-state index < -0.39 is 32.7 Å². The summed E-state index contributed by atoms with van der Waals surface area (Å²) in [5.74, 6) is -1.34. The summed E-state index contributed by atoms with van der Waals surface area (Å²) in [5, 5.41) is 5.31. The summed E-state index contributed by atoms with van der Waals surface area (Å²) in [6.07, 6.45) is 0.824. The minimum atomic E-state index is -4.01. The molecule has 0 aromatic heterocycles. The molecule has 2 N–H and O–H groups in total. The zero-order chi connectivity index (χ0) is 21.5. The van der Waals surface area contributed by atoms with Crippen molar-refractivity contribution in [3.8, 4) is 5.75 Å². The number of amides is 2. The molecule has 158 valence electrons. The molecule has 0 aliphatic carbocycles. The van der Waals surface area contributed by atoms with E-state index in [4.69, 9.17) is 4.74 Å². The third-order valence-corrected chi connectivity index (χ3v) is 6.96. The average molecular weight is 433 g/mol. The van der Waals surface area contributed by atoms with Gasteiger partial charge in [-0.2, -0.15) is 4.31 Å². The van der Waals surface area contributed by atoms with E-state index in [2.05, 4.69) is 10.6 Å². The van der Waals surface area contributed by atoms with Gasteiger partial charge in [-0.1, -0.05) is 0 Å². The van der Waals surface area contributed by atoms with E-state index in [1.807, 2.05) is 0 Å². The maximum Gasteiger partial charge on any atom is 0.265 e. The van der Waals surface area contributed by atoms with Gasteiger partial charge in [0.1, 0.15) is 16.5 Å². The molecule has 4 rings (SSSR count). The lowest BCUT2D eigenvalue weighted by Crippen LogP contribution is -2.34. The third-order valence-electron chi connectivity index (χ3n) is 5.04. The van der Waals surface area contributed by atoms with Crippen LogP contribution in [-0.4, -0.2) is 43.7 Å². The molecule has 1 saturated heterocycles. The molecule has 0 radical (unpaired) electrons. The molecule has 1 fully saturated rings. The van der Waals surface area contributed by atoms with Crippen molar-refractivity contribution in [3.05, 3.63) is 47.8 Å². The van der Waals surface area contributed by atoms with Crippen molar-refractivity contribution in [1.82, 2.24) is 4.31 Å². The van der Waals surface area contributed by atoms with Crippen LogP contribution in [0.15, 0.2) is 41.3 Å². The number of carbonyl (C=O) groups excluding carboxylic acids is 2. The summed E-state index contributed by atoms with van der Waals surface area (Å²) < 4.78 is 46.4. The van der Waals surface area contributed by atoms with Gasteiger partial charge in [-0.15, -0.1) is 0 Å². The van der Waals surface area contributed by atoms with Crippen LogP contribution in [0.3, 0.4) is 0 Å². The van der Waals surface area contributed by atoms with Crippen molar-refractivity contribution in [2.24, 2.45) is 0 Å². The van der Waals surface area contributed by atoms with Crippen molar-refractivity contribution in [2.45, 2.75) is 30.8 Å². The highest BCUT2D eigenvalue weighted by atomic mass is 32.2. The Balaban J connectivity index is 1.57. The van der Waals surface area contributed by atoms with E-state index in [0.29, 0.717) is 30.2 Å². The summed E-state index contributed by atoms with van der Waals surface area (Å²) >= 11 is 0. The Kier molecular flexibility index (Phi) is 5.20. The second-order valence-electron chi connectivity index (χ2n) is 7.17.